The van der Waals surface area contributed by atoms with Crippen molar-refractivity contribution in [2.75, 3.05) is 0 Å². The third-order valence-corrected chi connectivity index (χ3v) is 5.16. The monoisotopic (exact) mass is 309 g/mol. The highest BCUT2D eigenvalue weighted by molar-refractivity contribution is 5.39. The van der Waals surface area contributed by atoms with Crippen LogP contribution >= 0.6 is 0 Å². The summed E-state index contributed by atoms with van der Waals surface area (Å²) in [6.45, 7) is 7.48. The van der Waals surface area contributed by atoms with Gasteiger partial charge in [0.05, 0.1) is 0 Å². The van der Waals surface area contributed by atoms with E-state index < -0.39 is 0 Å². The largest absolute Gasteiger partial charge is 0.487 e. The molecule has 0 bridgehead atoms. The van der Waals surface area contributed by atoms with Crippen LogP contribution in [0.15, 0.2) is 48.5 Å². The lowest BCUT2D eigenvalue weighted by Gasteiger charge is -2.42. The minimum absolute atomic E-state index is 0.0424. The zero-order chi connectivity index (χ0) is 16.3. The summed E-state index contributed by atoms with van der Waals surface area (Å²) in [5, 5.41) is 3.76. The highest BCUT2D eigenvalue weighted by Gasteiger charge is 2.37. The Bertz CT molecular complexity index is 643. The van der Waals surface area contributed by atoms with Crippen LogP contribution in [-0.4, -0.2) is 5.60 Å². The Morgan fingerprint density at radius 3 is 2.43 bits per heavy atom. The highest BCUT2D eigenvalue weighted by Crippen LogP contribution is 2.42. The molecule has 1 heterocycles. The fraction of sp³-hybridized carbons (Fsp3) is 0.429. The molecule has 2 aromatic rings. The van der Waals surface area contributed by atoms with E-state index in [9.17, 15) is 0 Å². The summed E-state index contributed by atoms with van der Waals surface area (Å²) in [6, 6.07) is 17.6. The van der Waals surface area contributed by atoms with Gasteiger partial charge in [-0.15, -0.1) is 0 Å². The van der Waals surface area contributed by atoms with Gasteiger partial charge in [-0.2, -0.15) is 0 Å². The maximum atomic E-state index is 6.38. The SMILES string of the molecule is CCC1(CC)CC(NCc2ccc(C)cc2)c2ccccc2O1. The molecule has 1 unspecified atom stereocenters. The number of rotatable bonds is 5. The van der Waals surface area contributed by atoms with E-state index in [0.29, 0.717) is 6.04 Å². The molecule has 0 fully saturated rings. The number of ether oxygens (including phenoxy) is 1. The van der Waals surface area contributed by atoms with Gasteiger partial charge in [0.15, 0.2) is 0 Å². The van der Waals surface area contributed by atoms with E-state index in [1.54, 1.807) is 0 Å². The standard InChI is InChI=1S/C21H27NO/c1-4-21(5-2)14-19(18-8-6-7-9-20(18)23-21)22-15-17-12-10-16(3)11-13-17/h6-13,19,22H,4-5,14-15H2,1-3H3. The average molecular weight is 309 g/mol. The van der Waals surface area contributed by atoms with E-state index in [1.165, 1.54) is 16.7 Å². The van der Waals surface area contributed by atoms with Gasteiger partial charge in [0, 0.05) is 24.6 Å². The van der Waals surface area contributed by atoms with Gasteiger partial charge in [0.1, 0.15) is 11.4 Å². The van der Waals surface area contributed by atoms with Crippen LogP contribution in [-0.2, 0) is 6.54 Å². The van der Waals surface area contributed by atoms with Crippen molar-refractivity contribution < 1.29 is 4.74 Å². The number of benzene rings is 2. The van der Waals surface area contributed by atoms with Crippen molar-refractivity contribution in [1.82, 2.24) is 5.32 Å². The molecular weight excluding hydrogens is 282 g/mol. The molecule has 1 aliphatic rings. The minimum Gasteiger partial charge on any atom is -0.487 e. The van der Waals surface area contributed by atoms with Crippen molar-refractivity contribution >= 4 is 0 Å². The molecule has 2 aromatic carbocycles. The second kappa shape index (κ2) is 6.76. The van der Waals surface area contributed by atoms with Gasteiger partial charge >= 0.3 is 0 Å². The maximum absolute atomic E-state index is 6.38. The lowest BCUT2D eigenvalue weighted by molar-refractivity contribution is 0.0225. The van der Waals surface area contributed by atoms with E-state index in [-0.39, 0.29) is 5.60 Å². The van der Waals surface area contributed by atoms with Gasteiger partial charge in [0.2, 0.25) is 0 Å². The zero-order valence-electron chi connectivity index (χ0n) is 14.4. The molecule has 0 amide bonds. The molecular formula is C21H27NO. The quantitative estimate of drug-likeness (QED) is 0.823. The smallest absolute Gasteiger partial charge is 0.124 e. The van der Waals surface area contributed by atoms with E-state index in [2.05, 4.69) is 74.6 Å². The van der Waals surface area contributed by atoms with E-state index in [4.69, 9.17) is 4.74 Å². The van der Waals surface area contributed by atoms with Gasteiger partial charge in [0.25, 0.3) is 0 Å². The first-order chi connectivity index (χ1) is 11.2. The van der Waals surface area contributed by atoms with Crippen LogP contribution in [0.5, 0.6) is 5.75 Å². The molecule has 0 saturated heterocycles. The molecule has 2 heteroatoms. The Labute approximate surface area is 139 Å². The Hall–Kier alpha value is -1.80. The molecule has 1 atom stereocenters. The topological polar surface area (TPSA) is 21.3 Å². The Morgan fingerprint density at radius 2 is 1.74 bits per heavy atom. The average Bonchev–Trinajstić information content (AvgIpc) is 2.60. The number of hydrogen-bond acceptors (Lipinski definition) is 2. The molecule has 0 saturated carbocycles. The van der Waals surface area contributed by atoms with Crippen LogP contribution < -0.4 is 10.1 Å². The number of para-hydroxylation sites is 1. The zero-order valence-corrected chi connectivity index (χ0v) is 14.4. The normalized spacial score (nSPS) is 19.0. The van der Waals surface area contributed by atoms with Crippen molar-refractivity contribution in [3.05, 3.63) is 65.2 Å². The predicted octanol–water partition coefficient (Wildman–Crippen LogP) is 5.17. The van der Waals surface area contributed by atoms with Crippen molar-refractivity contribution in [2.24, 2.45) is 0 Å². The first kappa shape index (κ1) is 16.1. The Kier molecular flexibility index (Phi) is 4.72. The fourth-order valence-electron chi connectivity index (χ4n) is 3.43. The summed E-state index contributed by atoms with van der Waals surface area (Å²) in [4.78, 5) is 0. The van der Waals surface area contributed by atoms with Crippen molar-refractivity contribution in [1.29, 1.82) is 0 Å². The van der Waals surface area contributed by atoms with Crippen molar-refractivity contribution in [2.45, 2.75) is 58.2 Å². The Balaban J connectivity index is 1.80. The second-order valence-electron chi connectivity index (χ2n) is 6.65. The van der Waals surface area contributed by atoms with E-state index >= 15 is 0 Å². The maximum Gasteiger partial charge on any atom is 0.124 e. The predicted molar refractivity (Wildman–Crippen MR) is 95.8 cm³/mol. The van der Waals surface area contributed by atoms with Crippen LogP contribution in [0.25, 0.3) is 0 Å². The molecule has 23 heavy (non-hydrogen) atoms. The first-order valence-corrected chi connectivity index (χ1v) is 8.72. The van der Waals surface area contributed by atoms with Crippen molar-refractivity contribution in [3.8, 4) is 5.75 Å². The van der Waals surface area contributed by atoms with Crippen LogP contribution in [0, 0.1) is 6.92 Å². The third-order valence-electron chi connectivity index (χ3n) is 5.16. The summed E-state index contributed by atoms with van der Waals surface area (Å²) in [5.74, 6) is 1.05. The van der Waals surface area contributed by atoms with Crippen molar-refractivity contribution in [3.63, 3.8) is 0 Å². The third kappa shape index (κ3) is 3.42. The summed E-state index contributed by atoms with van der Waals surface area (Å²) >= 11 is 0. The van der Waals surface area contributed by atoms with Crippen LogP contribution in [0.1, 0.15) is 55.8 Å². The van der Waals surface area contributed by atoms with Gasteiger partial charge in [-0.1, -0.05) is 61.9 Å². The van der Waals surface area contributed by atoms with Crippen LogP contribution in [0.2, 0.25) is 0 Å². The molecule has 0 aromatic heterocycles. The fourth-order valence-corrected chi connectivity index (χ4v) is 3.43. The lowest BCUT2D eigenvalue weighted by atomic mass is 9.83. The van der Waals surface area contributed by atoms with Gasteiger partial charge in [-0.05, 0) is 31.4 Å². The number of hydrogen-bond donors (Lipinski definition) is 1. The van der Waals surface area contributed by atoms with E-state index in [0.717, 1.165) is 31.6 Å². The summed E-state index contributed by atoms with van der Waals surface area (Å²) in [5.41, 5.74) is 3.88. The molecule has 3 rings (SSSR count). The molecule has 0 aliphatic carbocycles. The highest BCUT2D eigenvalue weighted by atomic mass is 16.5. The Morgan fingerprint density at radius 1 is 1.04 bits per heavy atom. The summed E-state index contributed by atoms with van der Waals surface area (Å²) in [7, 11) is 0. The number of fused-ring (bicyclic) bond motifs is 1. The number of nitrogens with one attached hydrogen (secondary N) is 1. The van der Waals surface area contributed by atoms with Gasteiger partial charge in [-0.3, -0.25) is 0 Å². The van der Waals surface area contributed by atoms with E-state index in [1.807, 2.05) is 0 Å². The summed E-state index contributed by atoms with van der Waals surface area (Å²) < 4.78 is 6.38. The molecule has 0 spiro atoms. The lowest BCUT2D eigenvalue weighted by Crippen LogP contribution is -2.43. The van der Waals surface area contributed by atoms with Crippen LogP contribution in [0.3, 0.4) is 0 Å². The molecule has 1 N–H and O–H groups in total. The molecule has 2 nitrogen and oxygen atoms in total. The number of aryl methyl sites for hydroxylation is 1. The molecule has 0 radical (unpaired) electrons. The minimum atomic E-state index is -0.0424. The molecule has 122 valence electrons. The first-order valence-electron chi connectivity index (χ1n) is 8.72. The second-order valence-corrected chi connectivity index (χ2v) is 6.65. The van der Waals surface area contributed by atoms with Crippen LogP contribution in [0.4, 0.5) is 0 Å². The van der Waals surface area contributed by atoms with Gasteiger partial charge < -0.3 is 10.1 Å². The van der Waals surface area contributed by atoms with Gasteiger partial charge in [-0.25, -0.2) is 0 Å². The molecule has 1 aliphatic heterocycles. The summed E-state index contributed by atoms with van der Waals surface area (Å²) in [6.07, 6.45) is 3.12.